The summed E-state index contributed by atoms with van der Waals surface area (Å²) in [6.07, 6.45) is 3.14. The van der Waals surface area contributed by atoms with Crippen LogP contribution in [0, 0.1) is 0 Å². The van der Waals surface area contributed by atoms with E-state index < -0.39 is 0 Å². The Morgan fingerprint density at radius 2 is 1.93 bits per heavy atom. The van der Waals surface area contributed by atoms with Crippen LogP contribution in [0.15, 0.2) is 47.1 Å². The highest BCUT2D eigenvalue weighted by Gasteiger charge is 2.00. The van der Waals surface area contributed by atoms with Crippen LogP contribution < -0.4 is 0 Å². The van der Waals surface area contributed by atoms with Crippen molar-refractivity contribution >= 4 is 6.29 Å². The van der Waals surface area contributed by atoms with Crippen molar-refractivity contribution in [1.82, 2.24) is 0 Å². The number of furan rings is 1. The minimum absolute atomic E-state index is 0.385. The van der Waals surface area contributed by atoms with E-state index in [2.05, 4.69) is 0 Å². The number of rotatable bonds is 3. The van der Waals surface area contributed by atoms with E-state index in [-0.39, 0.29) is 0 Å². The molecule has 0 aliphatic heterocycles. The fraction of sp³-hybridized carbons (Fsp3) is 0.0833. The number of carbonyl (C=O) groups excluding carboxylic acids is 1. The Hall–Kier alpha value is -1.83. The Bertz CT molecular complexity index is 415. The number of benzene rings is 1. The first-order valence-electron chi connectivity index (χ1n) is 4.45. The predicted octanol–water partition coefficient (Wildman–Crippen LogP) is 2.68. The molecule has 0 saturated carbocycles. The van der Waals surface area contributed by atoms with Crippen molar-refractivity contribution in [2.45, 2.75) is 6.42 Å². The molecule has 2 nitrogen and oxygen atoms in total. The maximum atomic E-state index is 10.4. The molecular formula is C12H10O2. The van der Waals surface area contributed by atoms with Crippen molar-refractivity contribution in [1.29, 1.82) is 0 Å². The minimum Gasteiger partial charge on any atom is -0.461 e. The van der Waals surface area contributed by atoms with Crippen LogP contribution in [0.3, 0.4) is 0 Å². The standard InChI is InChI=1S/C12H10O2/c13-8-12-7-11(9-14-12)6-10-4-2-1-3-5-10/h1-5,7-9H,6H2. The molecule has 1 aromatic carbocycles. The molecule has 0 fully saturated rings. The molecule has 0 aliphatic carbocycles. The molecule has 2 aromatic rings. The lowest BCUT2D eigenvalue weighted by Gasteiger charge is -1.95. The van der Waals surface area contributed by atoms with Gasteiger partial charge in [0.1, 0.15) is 0 Å². The van der Waals surface area contributed by atoms with Gasteiger partial charge in [-0.15, -0.1) is 0 Å². The van der Waals surface area contributed by atoms with E-state index in [9.17, 15) is 4.79 Å². The summed E-state index contributed by atoms with van der Waals surface area (Å²) in [5, 5.41) is 0. The molecule has 70 valence electrons. The van der Waals surface area contributed by atoms with E-state index in [4.69, 9.17) is 4.42 Å². The molecule has 1 heterocycles. The van der Waals surface area contributed by atoms with Gasteiger partial charge in [-0.05, 0) is 17.2 Å². The third-order valence-corrected chi connectivity index (χ3v) is 2.04. The Balaban J connectivity index is 2.15. The molecule has 0 N–H and O–H groups in total. The van der Waals surface area contributed by atoms with Gasteiger partial charge in [0.15, 0.2) is 12.0 Å². The van der Waals surface area contributed by atoms with Gasteiger partial charge in [-0.1, -0.05) is 30.3 Å². The maximum Gasteiger partial charge on any atom is 0.185 e. The van der Waals surface area contributed by atoms with Crippen LogP contribution in [0.2, 0.25) is 0 Å². The van der Waals surface area contributed by atoms with Crippen molar-refractivity contribution < 1.29 is 9.21 Å². The van der Waals surface area contributed by atoms with Crippen LogP contribution in [0.1, 0.15) is 21.7 Å². The van der Waals surface area contributed by atoms with E-state index in [0.29, 0.717) is 12.0 Å². The SMILES string of the molecule is O=Cc1cc(Cc2ccccc2)co1. The first-order valence-corrected chi connectivity index (χ1v) is 4.45. The van der Waals surface area contributed by atoms with Gasteiger partial charge in [-0.2, -0.15) is 0 Å². The van der Waals surface area contributed by atoms with E-state index >= 15 is 0 Å². The van der Waals surface area contributed by atoms with Gasteiger partial charge in [0, 0.05) is 6.42 Å². The molecule has 2 rings (SSSR count). The first-order chi connectivity index (χ1) is 6.88. The van der Waals surface area contributed by atoms with Gasteiger partial charge in [-0.25, -0.2) is 0 Å². The molecule has 14 heavy (non-hydrogen) atoms. The highest BCUT2D eigenvalue weighted by atomic mass is 16.3. The van der Waals surface area contributed by atoms with Crippen LogP contribution in [0.4, 0.5) is 0 Å². The van der Waals surface area contributed by atoms with Gasteiger partial charge >= 0.3 is 0 Å². The topological polar surface area (TPSA) is 30.2 Å². The molecule has 0 atom stereocenters. The van der Waals surface area contributed by atoms with E-state index in [1.807, 2.05) is 30.3 Å². The Morgan fingerprint density at radius 3 is 2.57 bits per heavy atom. The molecule has 0 aliphatic rings. The summed E-state index contributed by atoms with van der Waals surface area (Å²) in [6, 6.07) is 11.8. The summed E-state index contributed by atoms with van der Waals surface area (Å²) < 4.78 is 5.02. The first kappa shape index (κ1) is 8.75. The van der Waals surface area contributed by atoms with Crippen LogP contribution in [0.5, 0.6) is 0 Å². The van der Waals surface area contributed by atoms with Crippen molar-refractivity contribution in [2.75, 3.05) is 0 Å². The highest BCUT2D eigenvalue weighted by molar-refractivity contribution is 5.70. The second-order valence-corrected chi connectivity index (χ2v) is 3.14. The summed E-state index contributed by atoms with van der Waals surface area (Å²) >= 11 is 0. The number of carbonyl (C=O) groups is 1. The number of hydrogen-bond donors (Lipinski definition) is 0. The van der Waals surface area contributed by atoms with Gasteiger partial charge in [0.05, 0.1) is 6.26 Å². The summed E-state index contributed by atoms with van der Waals surface area (Å²) in [6.45, 7) is 0. The fourth-order valence-corrected chi connectivity index (χ4v) is 1.38. The average Bonchev–Trinajstić information content (AvgIpc) is 2.67. The van der Waals surface area contributed by atoms with Crippen molar-refractivity contribution in [3.8, 4) is 0 Å². The van der Waals surface area contributed by atoms with E-state index in [1.165, 1.54) is 5.56 Å². The van der Waals surface area contributed by atoms with Crippen LogP contribution in [-0.2, 0) is 6.42 Å². The van der Waals surface area contributed by atoms with Gasteiger partial charge in [0.25, 0.3) is 0 Å². The zero-order chi connectivity index (χ0) is 9.80. The van der Waals surface area contributed by atoms with Crippen LogP contribution >= 0.6 is 0 Å². The molecule has 0 saturated heterocycles. The summed E-state index contributed by atoms with van der Waals surface area (Å²) in [5.41, 5.74) is 2.24. The molecule has 0 unspecified atom stereocenters. The normalized spacial score (nSPS) is 10.0. The zero-order valence-corrected chi connectivity index (χ0v) is 7.64. The lowest BCUT2D eigenvalue weighted by Crippen LogP contribution is -1.83. The maximum absolute atomic E-state index is 10.4. The molecule has 0 amide bonds. The van der Waals surface area contributed by atoms with Gasteiger partial charge in [0.2, 0.25) is 0 Å². The number of aldehydes is 1. The average molecular weight is 186 g/mol. The van der Waals surface area contributed by atoms with Crippen molar-refractivity contribution in [3.05, 3.63) is 59.5 Å². The Kier molecular flexibility index (Phi) is 2.45. The molecule has 2 heteroatoms. The van der Waals surface area contributed by atoms with Crippen molar-refractivity contribution in [2.24, 2.45) is 0 Å². The Labute approximate surface area is 82.2 Å². The molecular weight excluding hydrogens is 176 g/mol. The monoisotopic (exact) mass is 186 g/mol. The number of hydrogen-bond acceptors (Lipinski definition) is 2. The minimum atomic E-state index is 0.385. The Morgan fingerprint density at radius 1 is 1.14 bits per heavy atom. The summed E-state index contributed by atoms with van der Waals surface area (Å²) in [7, 11) is 0. The third kappa shape index (κ3) is 1.91. The molecule has 0 bridgehead atoms. The molecule has 1 aromatic heterocycles. The molecule has 0 radical (unpaired) electrons. The van der Waals surface area contributed by atoms with Gasteiger partial charge < -0.3 is 4.42 Å². The summed E-state index contributed by atoms with van der Waals surface area (Å²) in [5.74, 6) is 0.385. The smallest absolute Gasteiger partial charge is 0.185 e. The predicted molar refractivity (Wildman–Crippen MR) is 53.3 cm³/mol. The lowest BCUT2D eigenvalue weighted by molar-refractivity contribution is 0.110. The lowest BCUT2D eigenvalue weighted by atomic mass is 10.1. The second-order valence-electron chi connectivity index (χ2n) is 3.14. The highest BCUT2D eigenvalue weighted by Crippen LogP contribution is 2.11. The molecule has 0 spiro atoms. The van der Waals surface area contributed by atoms with E-state index in [1.54, 1.807) is 12.3 Å². The van der Waals surface area contributed by atoms with Gasteiger partial charge in [-0.3, -0.25) is 4.79 Å². The van der Waals surface area contributed by atoms with Crippen molar-refractivity contribution in [3.63, 3.8) is 0 Å². The third-order valence-electron chi connectivity index (χ3n) is 2.04. The largest absolute Gasteiger partial charge is 0.461 e. The van der Waals surface area contributed by atoms with Crippen LogP contribution in [-0.4, -0.2) is 6.29 Å². The second kappa shape index (κ2) is 3.92. The van der Waals surface area contributed by atoms with E-state index in [0.717, 1.165) is 12.0 Å². The fourth-order valence-electron chi connectivity index (χ4n) is 1.38. The zero-order valence-electron chi connectivity index (χ0n) is 7.64. The van der Waals surface area contributed by atoms with Crippen LogP contribution in [0.25, 0.3) is 0 Å². The summed E-state index contributed by atoms with van der Waals surface area (Å²) in [4.78, 5) is 10.4. The quantitative estimate of drug-likeness (QED) is 0.690.